The van der Waals surface area contributed by atoms with Crippen molar-refractivity contribution in [2.75, 3.05) is 52.4 Å². The summed E-state index contributed by atoms with van der Waals surface area (Å²) in [6.07, 6.45) is 0.549. The molecule has 4 aromatic rings. The number of carbonyl (C=O) groups excluding carboxylic acids is 2. The maximum absolute atomic E-state index is 13.2. The van der Waals surface area contributed by atoms with E-state index in [-0.39, 0.29) is 36.7 Å². The first-order valence-electron chi connectivity index (χ1n) is 15.9. The van der Waals surface area contributed by atoms with Gasteiger partial charge in [0, 0.05) is 65.2 Å². The SMILES string of the molecule is O=C(CCC(=O)N1CCN(C(c2ccccc2)c2ccccc2)CC1)N1CCN(C(c2ccccc2)c2ccccc2)CC1. The predicted molar refractivity (Wildman–Crippen MR) is 175 cm³/mol. The van der Waals surface area contributed by atoms with Gasteiger partial charge in [-0.3, -0.25) is 19.4 Å². The van der Waals surface area contributed by atoms with Crippen LogP contribution in [-0.4, -0.2) is 83.8 Å². The Kier molecular flexibility index (Phi) is 9.80. The third-order valence-electron chi connectivity index (χ3n) is 9.08. The lowest BCUT2D eigenvalue weighted by molar-refractivity contribution is -0.139. The molecule has 0 bridgehead atoms. The van der Waals surface area contributed by atoms with E-state index in [9.17, 15) is 9.59 Å². The van der Waals surface area contributed by atoms with Gasteiger partial charge in [0.15, 0.2) is 0 Å². The van der Waals surface area contributed by atoms with Gasteiger partial charge in [-0.1, -0.05) is 121 Å². The highest BCUT2D eigenvalue weighted by atomic mass is 16.2. The highest BCUT2D eigenvalue weighted by Crippen LogP contribution is 2.31. The van der Waals surface area contributed by atoms with Gasteiger partial charge in [0.25, 0.3) is 0 Å². The fraction of sp³-hybridized carbons (Fsp3) is 0.316. The molecule has 0 aliphatic carbocycles. The van der Waals surface area contributed by atoms with Crippen molar-refractivity contribution in [2.24, 2.45) is 0 Å². The third-order valence-corrected chi connectivity index (χ3v) is 9.08. The van der Waals surface area contributed by atoms with Crippen LogP contribution in [0.3, 0.4) is 0 Å². The summed E-state index contributed by atoms with van der Waals surface area (Å²) in [5, 5.41) is 0. The smallest absolute Gasteiger partial charge is 0.223 e. The van der Waals surface area contributed by atoms with Crippen LogP contribution in [0.5, 0.6) is 0 Å². The zero-order chi connectivity index (χ0) is 30.1. The minimum atomic E-state index is 0.0841. The number of rotatable bonds is 9. The van der Waals surface area contributed by atoms with E-state index >= 15 is 0 Å². The van der Waals surface area contributed by atoms with Gasteiger partial charge < -0.3 is 9.80 Å². The summed E-state index contributed by atoms with van der Waals surface area (Å²) in [5.41, 5.74) is 5.07. The molecule has 0 saturated carbocycles. The van der Waals surface area contributed by atoms with Crippen LogP contribution in [0.4, 0.5) is 0 Å². The van der Waals surface area contributed by atoms with E-state index < -0.39 is 0 Å². The van der Waals surface area contributed by atoms with Gasteiger partial charge in [-0.05, 0) is 22.3 Å². The molecule has 0 spiro atoms. The molecule has 6 nitrogen and oxygen atoms in total. The van der Waals surface area contributed by atoms with Crippen molar-refractivity contribution in [3.05, 3.63) is 144 Å². The lowest BCUT2D eigenvalue weighted by Gasteiger charge is -2.40. The van der Waals surface area contributed by atoms with Crippen LogP contribution in [0.25, 0.3) is 0 Å². The quantitative estimate of drug-likeness (QED) is 0.255. The van der Waals surface area contributed by atoms with Crippen molar-refractivity contribution in [2.45, 2.75) is 24.9 Å². The number of benzene rings is 4. The number of carbonyl (C=O) groups is 2. The number of nitrogens with zero attached hydrogens (tertiary/aromatic N) is 4. The van der Waals surface area contributed by atoms with Gasteiger partial charge in [0.2, 0.25) is 11.8 Å². The van der Waals surface area contributed by atoms with Crippen LogP contribution in [0.15, 0.2) is 121 Å². The Labute approximate surface area is 261 Å². The Morgan fingerprint density at radius 2 is 0.659 bits per heavy atom. The molecule has 2 aliphatic rings. The standard InChI is InChI=1S/C38H42N4O2/c43-35(39-23-27-41(28-24-39)37(31-13-5-1-6-14-31)32-15-7-2-8-16-32)21-22-36(44)40-25-29-42(30-26-40)38(33-17-9-3-10-18-33)34-19-11-4-12-20-34/h1-20,37-38H,21-30H2. The summed E-state index contributed by atoms with van der Waals surface area (Å²) in [5.74, 6) is 0.168. The fourth-order valence-corrected chi connectivity index (χ4v) is 6.76. The number of hydrogen-bond acceptors (Lipinski definition) is 4. The van der Waals surface area contributed by atoms with Crippen molar-refractivity contribution in [3.63, 3.8) is 0 Å². The van der Waals surface area contributed by atoms with E-state index in [1.807, 2.05) is 9.80 Å². The molecule has 2 fully saturated rings. The summed E-state index contributed by atoms with van der Waals surface area (Å²) >= 11 is 0. The molecule has 2 heterocycles. The second-order valence-corrected chi connectivity index (χ2v) is 11.8. The highest BCUT2D eigenvalue weighted by molar-refractivity contribution is 5.84. The van der Waals surface area contributed by atoms with Gasteiger partial charge >= 0.3 is 0 Å². The van der Waals surface area contributed by atoms with Crippen molar-refractivity contribution in [1.82, 2.24) is 19.6 Å². The largest absolute Gasteiger partial charge is 0.340 e. The van der Waals surface area contributed by atoms with Crippen molar-refractivity contribution in [1.29, 1.82) is 0 Å². The molecule has 6 rings (SSSR count). The molecule has 0 unspecified atom stereocenters. The van der Waals surface area contributed by atoms with E-state index in [0.717, 1.165) is 26.2 Å². The minimum Gasteiger partial charge on any atom is -0.340 e. The molecule has 4 aromatic carbocycles. The molecular formula is C38H42N4O2. The first-order chi connectivity index (χ1) is 21.7. The first-order valence-corrected chi connectivity index (χ1v) is 15.9. The fourth-order valence-electron chi connectivity index (χ4n) is 6.76. The van der Waals surface area contributed by atoms with Crippen LogP contribution in [0.2, 0.25) is 0 Å². The molecule has 2 amide bonds. The predicted octanol–water partition coefficient (Wildman–Crippen LogP) is 5.63. The summed E-state index contributed by atoms with van der Waals surface area (Å²) in [6.45, 7) is 5.95. The molecule has 2 aliphatic heterocycles. The Bertz CT molecular complexity index is 1270. The average Bonchev–Trinajstić information content (AvgIpc) is 3.10. The van der Waals surface area contributed by atoms with Crippen LogP contribution < -0.4 is 0 Å². The monoisotopic (exact) mass is 586 g/mol. The van der Waals surface area contributed by atoms with Crippen LogP contribution >= 0.6 is 0 Å². The van der Waals surface area contributed by atoms with Gasteiger partial charge in [-0.25, -0.2) is 0 Å². The van der Waals surface area contributed by atoms with Crippen molar-refractivity contribution in [3.8, 4) is 0 Å². The number of amides is 2. The summed E-state index contributed by atoms with van der Waals surface area (Å²) in [6, 6.07) is 42.7. The molecule has 226 valence electrons. The Balaban J connectivity index is 0.996. The molecule has 2 saturated heterocycles. The normalized spacial score (nSPS) is 16.4. The topological polar surface area (TPSA) is 47.1 Å². The molecule has 6 heteroatoms. The third kappa shape index (κ3) is 7.09. The second kappa shape index (κ2) is 14.5. The van der Waals surface area contributed by atoms with E-state index in [1.54, 1.807) is 0 Å². The Morgan fingerprint density at radius 3 is 0.909 bits per heavy atom. The van der Waals surface area contributed by atoms with Gasteiger partial charge in [-0.2, -0.15) is 0 Å². The Hall–Kier alpha value is -4.26. The van der Waals surface area contributed by atoms with Crippen LogP contribution in [0.1, 0.15) is 47.2 Å². The summed E-state index contributed by atoms with van der Waals surface area (Å²) in [7, 11) is 0. The first kappa shape index (κ1) is 29.8. The molecule has 0 atom stereocenters. The van der Waals surface area contributed by atoms with Crippen LogP contribution in [0, 0.1) is 0 Å². The molecule has 0 N–H and O–H groups in total. The van der Waals surface area contributed by atoms with Crippen LogP contribution in [-0.2, 0) is 9.59 Å². The number of hydrogen-bond donors (Lipinski definition) is 0. The zero-order valence-corrected chi connectivity index (χ0v) is 25.4. The Morgan fingerprint density at radius 1 is 0.409 bits per heavy atom. The highest BCUT2D eigenvalue weighted by Gasteiger charge is 2.30. The lowest BCUT2D eigenvalue weighted by Crippen LogP contribution is -2.51. The molecule has 0 radical (unpaired) electrons. The summed E-state index contributed by atoms with van der Waals surface area (Å²) < 4.78 is 0. The molecular weight excluding hydrogens is 544 g/mol. The number of piperazine rings is 2. The van der Waals surface area contributed by atoms with Gasteiger partial charge in [0.1, 0.15) is 0 Å². The van der Waals surface area contributed by atoms with Gasteiger partial charge in [-0.15, -0.1) is 0 Å². The maximum atomic E-state index is 13.2. The average molecular weight is 587 g/mol. The van der Waals surface area contributed by atoms with Crippen molar-refractivity contribution < 1.29 is 9.59 Å². The van der Waals surface area contributed by atoms with E-state index in [1.165, 1.54) is 22.3 Å². The van der Waals surface area contributed by atoms with E-state index in [0.29, 0.717) is 26.2 Å². The van der Waals surface area contributed by atoms with E-state index in [4.69, 9.17) is 0 Å². The molecule has 44 heavy (non-hydrogen) atoms. The second-order valence-electron chi connectivity index (χ2n) is 11.8. The maximum Gasteiger partial charge on any atom is 0.223 e. The summed E-state index contributed by atoms with van der Waals surface area (Å²) in [4.78, 5) is 35.2. The minimum absolute atomic E-state index is 0.0841. The van der Waals surface area contributed by atoms with E-state index in [2.05, 4.69) is 131 Å². The van der Waals surface area contributed by atoms with Gasteiger partial charge in [0.05, 0.1) is 12.1 Å². The zero-order valence-electron chi connectivity index (χ0n) is 25.4. The molecule has 0 aromatic heterocycles. The lowest BCUT2D eigenvalue weighted by atomic mass is 9.96. The van der Waals surface area contributed by atoms with Crippen molar-refractivity contribution >= 4 is 11.8 Å².